The SMILES string of the molecule is Cc1nc(Oc2ccccc2F)nc(C)c1NC(=O)Nc1ccc2c(c1)OCO2. The fourth-order valence-electron chi connectivity index (χ4n) is 2.79. The summed E-state index contributed by atoms with van der Waals surface area (Å²) in [5.74, 6) is 0.693. The van der Waals surface area contributed by atoms with Crippen LogP contribution < -0.4 is 24.8 Å². The number of nitrogens with zero attached hydrogens (tertiary/aromatic N) is 2. The molecule has 0 saturated carbocycles. The third kappa shape index (κ3) is 4.03. The van der Waals surface area contributed by atoms with Gasteiger partial charge < -0.3 is 24.8 Å². The molecule has 0 saturated heterocycles. The monoisotopic (exact) mass is 396 g/mol. The molecule has 0 radical (unpaired) electrons. The number of rotatable bonds is 4. The maximum absolute atomic E-state index is 13.8. The van der Waals surface area contributed by atoms with Crippen molar-refractivity contribution in [2.24, 2.45) is 0 Å². The maximum Gasteiger partial charge on any atom is 0.323 e. The first-order chi connectivity index (χ1) is 14.0. The van der Waals surface area contributed by atoms with E-state index in [1.54, 1.807) is 44.2 Å². The van der Waals surface area contributed by atoms with E-state index >= 15 is 0 Å². The van der Waals surface area contributed by atoms with Crippen LogP contribution in [0.2, 0.25) is 0 Å². The minimum absolute atomic E-state index is 0.00757. The summed E-state index contributed by atoms with van der Waals surface area (Å²) in [6.07, 6.45) is 0. The summed E-state index contributed by atoms with van der Waals surface area (Å²) in [6, 6.07) is 10.6. The van der Waals surface area contributed by atoms with Crippen molar-refractivity contribution in [3.63, 3.8) is 0 Å². The quantitative estimate of drug-likeness (QED) is 0.679. The Bertz CT molecular complexity index is 1070. The smallest absolute Gasteiger partial charge is 0.323 e. The van der Waals surface area contributed by atoms with Crippen molar-refractivity contribution in [3.8, 4) is 23.3 Å². The van der Waals surface area contributed by atoms with Gasteiger partial charge in [-0.05, 0) is 38.1 Å². The number of anilines is 2. The van der Waals surface area contributed by atoms with E-state index in [1.165, 1.54) is 12.1 Å². The molecule has 1 aliphatic rings. The third-order valence-corrected chi connectivity index (χ3v) is 4.16. The first kappa shape index (κ1) is 18.5. The standard InChI is InChI=1S/C20H17FN4O4/c1-11-18(12(2)23-20(22-11)29-15-6-4-3-5-14(15)21)25-19(26)24-13-7-8-16-17(9-13)28-10-27-16/h3-9H,10H2,1-2H3,(H2,24,25,26). The zero-order valence-corrected chi connectivity index (χ0v) is 15.7. The molecule has 8 nitrogen and oxygen atoms in total. The molecule has 9 heteroatoms. The number of benzene rings is 2. The number of aromatic nitrogens is 2. The predicted molar refractivity (Wildman–Crippen MR) is 103 cm³/mol. The van der Waals surface area contributed by atoms with Crippen LogP contribution in [0.1, 0.15) is 11.4 Å². The lowest BCUT2D eigenvalue weighted by Crippen LogP contribution is -2.21. The Labute approximate surface area is 165 Å². The third-order valence-electron chi connectivity index (χ3n) is 4.16. The van der Waals surface area contributed by atoms with E-state index in [0.717, 1.165) is 0 Å². The molecular weight excluding hydrogens is 379 g/mol. The van der Waals surface area contributed by atoms with Crippen LogP contribution in [-0.2, 0) is 0 Å². The van der Waals surface area contributed by atoms with Gasteiger partial charge in [0, 0.05) is 11.8 Å². The Morgan fingerprint density at radius 3 is 2.52 bits per heavy atom. The second kappa shape index (κ2) is 7.63. The molecule has 148 valence electrons. The van der Waals surface area contributed by atoms with E-state index in [-0.39, 0.29) is 18.6 Å². The fraction of sp³-hybridized carbons (Fsp3) is 0.150. The number of halogens is 1. The molecule has 0 unspecified atom stereocenters. The summed E-state index contributed by atoms with van der Waals surface area (Å²) < 4.78 is 29.7. The molecule has 1 aliphatic heterocycles. The zero-order chi connectivity index (χ0) is 20.4. The molecule has 4 rings (SSSR count). The summed E-state index contributed by atoms with van der Waals surface area (Å²) in [7, 11) is 0. The van der Waals surface area contributed by atoms with Crippen LogP contribution in [0.3, 0.4) is 0 Å². The fourth-order valence-corrected chi connectivity index (χ4v) is 2.79. The molecule has 3 aromatic rings. The number of hydrogen-bond donors (Lipinski definition) is 2. The molecule has 2 aromatic carbocycles. The Morgan fingerprint density at radius 1 is 1.03 bits per heavy atom. The van der Waals surface area contributed by atoms with E-state index in [2.05, 4.69) is 20.6 Å². The minimum atomic E-state index is -0.517. The summed E-state index contributed by atoms with van der Waals surface area (Å²) in [5, 5.41) is 5.43. The van der Waals surface area contributed by atoms with Crippen molar-refractivity contribution in [1.82, 2.24) is 9.97 Å². The van der Waals surface area contributed by atoms with Gasteiger partial charge in [0.25, 0.3) is 0 Å². The molecule has 2 heterocycles. The van der Waals surface area contributed by atoms with Crippen LogP contribution in [0.4, 0.5) is 20.6 Å². The van der Waals surface area contributed by atoms with Crippen molar-refractivity contribution in [2.75, 3.05) is 17.4 Å². The lowest BCUT2D eigenvalue weighted by Gasteiger charge is -2.13. The van der Waals surface area contributed by atoms with Crippen LogP contribution in [-0.4, -0.2) is 22.8 Å². The van der Waals surface area contributed by atoms with Gasteiger partial charge in [0.05, 0.1) is 17.1 Å². The van der Waals surface area contributed by atoms with Gasteiger partial charge in [-0.3, -0.25) is 0 Å². The van der Waals surface area contributed by atoms with E-state index in [1.807, 2.05) is 0 Å². The molecule has 0 fully saturated rings. The number of carbonyl (C=O) groups excluding carboxylic acids is 1. The van der Waals surface area contributed by atoms with Gasteiger partial charge in [-0.25, -0.2) is 9.18 Å². The first-order valence-electron chi connectivity index (χ1n) is 8.75. The number of urea groups is 1. The number of ether oxygens (including phenoxy) is 3. The normalized spacial score (nSPS) is 11.8. The molecule has 1 aromatic heterocycles. The Morgan fingerprint density at radius 2 is 1.76 bits per heavy atom. The van der Waals surface area contributed by atoms with Gasteiger partial charge in [0.1, 0.15) is 0 Å². The number of hydrogen-bond acceptors (Lipinski definition) is 6. The number of aryl methyl sites for hydroxylation is 2. The van der Waals surface area contributed by atoms with Gasteiger partial charge in [-0.2, -0.15) is 9.97 Å². The zero-order valence-electron chi connectivity index (χ0n) is 15.7. The van der Waals surface area contributed by atoms with Crippen LogP contribution in [0.5, 0.6) is 23.3 Å². The van der Waals surface area contributed by atoms with Crippen molar-refractivity contribution >= 4 is 17.4 Å². The Hall–Kier alpha value is -3.88. The molecule has 2 amide bonds. The van der Waals surface area contributed by atoms with Gasteiger partial charge >= 0.3 is 12.0 Å². The van der Waals surface area contributed by atoms with Crippen molar-refractivity contribution in [3.05, 3.63) is 59.7 Å². The van der Waals surface area contributed by atoms with Crippen LogP contribution in [0, 0.1) is 19.7 Å². The largest absolute Gasteiger partial charge is 0.454 e. The van der Waals surface area contributed by atoms with Crippen LogP contribution in [0.25, 0.3) is 0 Å². The lowest BCUT2D eigenvalue weighted by molar-refractivity contribution is 0.174. The van der Waals surface area contributed by atoms with E-state index in [9.17, 15) is 9.18 Å². The topological polar surface area (TPSA) is 94.6 Å². The average Bonchev–Trinajstić information content (AvgIpc) is 3.14. The van der Waals surface area contributed by atoms with E-state index in [0.29, 0.717) is 34.3 Å². The van der Waals surface area contributed by atoms with E-state index in [4.69, 9.17) is 14.2 Å². The van der Waals surface area contributed by atoms with Gasteiger partial charge in [-0.1, -0.05) is 12.1 Å². The first-order valence-corrected chi connectivity index (χ1v) is 8.75. The number of nitrogens with one attached hydrogen (secondary N) is 2. The molecule has 0 spiro atoms. The van der Waals surface area contributed by atoms with E-state index < -0.39 is 11.8 Å². The highest BCUT2D eigenvalue weighted by atomic mass is 19.1. The van der Waals surface area contributed by atoms with Gasteiger partial charge in [0.15, 0.2) is 23.1 Å². The minimum Gasteiger partial charge on any atom is -0.454 e. The average molecular weight is 396 g/mol. The number of amides is 2. The molecule has 0 atom stereocenters. The van der Waals surface area contributed by atoms with Crippen LogP contribution >= 0.6 is 0 Å². The molecule has 0 bridgehead atoms. The van der Waals surface area contributed by atoms with Crippen molar-refractivity contribution in [1.29, 1.82) is 0 Å². The predicted octanol–water partition coefficient (Wildman–Crippen LogP) is 4.40. The summed E-state index contributed by atoms with van der Waals surface area (Å²) in [4.78, 5) is 20.8. The number of para-hydroxylation sites is 1. The highest BCUT2D eigenvalue weighted by Gasteiger charge is 2.16. The highest BCUT2D eigenvalue weighted by molar-refractivity contribution is 6.00. The summed E-state index contributed by atoms with van der Waals surface area (Å²) >= 11 is 0. The molecular formula is C20H17FN4O4. The Kier molecular flexibility index (Phi) is 4.86. The van der Waals surface area contributed by atoms with Crippen molar-refractivity contribution in [2.45, 2.75) is 13.8 Å². The number of fused-ring (bicyclic) bond motifs is 1. The highest BCUT2D eigenvalue weighted by Crippen LogP contribution is 2.34. The molecule has 29 heavy (non-hydrogen) atoms. The van der Waals surface area contributed by atoms with Gasteiger partial charge in [0.2, 0.25) is 6.79 Å². The Balaban J connectivity index is 1.47. The number of carbonyl (C=O) groups is 1. The summed E-state index contributed by atoms with van der Waals surface area (Å²) in [6.45, 7) is 3.54. The lowest BCUT2D eigenvalue weighted by atomic mass is 10.2. The summed E-state index contributed by atoms with van der Waals surface area (Å²) in [5.41, 5.74) is 1.93. The second-order valence-electron chi connectivity index (χ2n) is 6.23. The maximum atomic E-state index is 13.8. The second-order valence-corrected chi connectivity index (χ2v) is 6.23. The van der Waals surface area contributed by atoms with Gasteiger partial charge in [-0.15, -0.1) is 0 Å². The van der Waals surface area contributed by atoms with Crippen LogP contribution in [0.15, 0.2) is 42.5 Å². The molecule has 2 N–H and O–H groups in total. The molecule has 0 aliphatic carbocycles. The van der Waals surface area contributed by atoms with Crippen molar-refractivity contribution < 1.29 is 23.4 Å².